The maximum absolute atomic E-state index is 13.9. The Morgan fingerprint density at radius 2 is 1.86 bits per heavy atom. The first-order valence-electron chi connectivity index (χ1n) is 14.6. The van der Waals surface area contributed by atoms with Crippen molar-refractivity contribution in [2.24, 2.45) is 0 Å². The minimum absolute atomic E-state index is 0.0399. The number of carbonyl (C=O) groups is 1. The lowest BCUT2D eigenvalue weighted by Gasteiger charge is -2.36. The fraction of sp³-hybridized carbons (Fsp3) is 0.469. The lowest BCUT2D eigenvalue weighted by molar-refractivity contribution is -0.137. The summed E-state index contributed by atoms with van der Waals surface area (Å²) in [6.07, 6.45) is -1.89. The Labute approximate surface area is 250 Å². The number of piperidine rings is 1. The molecule has 0 saturated carbocycles. The molecule has 4 N–H and O–H groups in total. The van der Waals surface area contributed by atoms with Gasteiger partial charge in [-0.3, -0.25) is 4.79 Å². The van der Waals surface area contributed by atoms with Gasteiger partial charge in [-0.05, 0) is 107 Å². The van der Waals surface area contributed by atoms with E-state index < -0.39 is 22.8 Å². The highest BCUT2D eigenvalue weighted by atomic mass is 19.4. The fourth-order valence-corrected chi connectivity index (χ4v) is 6.23. The average molecular weight is 597 g/mol. The van der Waals surface area contributed by atoms with Crippen LogP contribution in [0.5, 0.6) is 0 Å². The molecule has 43 heavy (non-hydrogen) atoms. The van der Waals surface area contributed by atoms with E-state index >= 15 is 0 Å². The van der Waals surface area contributed by atoms with Gasteiger partial charge in [-0.15, -0.1) is 0 Å². The SMILES string of the molecule is Cc1cc(Nc2ncc(C(F)(F)F)c(NCc3cccc4c3C(C)(C)C(=O)N4)n2)ccc1C1CCN(CC(C)(C)O)CC1. The van der Waals surface area contributed by atoms with Gasteiger partial charge >= 0.3 is 6.18 Å². The Bertz CT molecular complexity index is 1510. The van der Waals surface area contributed by atoms with E-state index in [0.29, 0.717) is 29.4 Å². The molecular weight excluding hydrogens is 557 g/mol. The van der Waals surface area contributed by atoms with Crippen LogP contribution in [0, 0.1) is 6.92 Å². The van der Waals surface area contributed by atoms with Crippen LogP contribution in [0.15, 0.2) is 42.6 Å². The number of aliphatic hydroxyl groups is 1. The number of halogens is 3. The van der Waals surface area contributed by atoms with Crippen molar-refractivity contribution in [1.82, 2.24) is 14.9 Å². The van der Waals surface area contributed by atoms with Gasteiger partial charge in [0.25, 0.3) is 0 Å². The zero-order valence-electron chi connectivity index (χ0n) is 25.2. The molecule has 2 aromatic carbocycles. The minimum atomic E-state index is -4.66. The highest BCUT2D eigenvalue weighted by Crippen LogP contribution is 2.40. The Morgan fingerprint density at radius 3 is 2.51 bits per heavy atom. The van der Waals surface area contributed by atoms with Gasteiger partial charge < -0.3 is 26.0 Å². The number of hydrogen-bond donors (Lipinski definition) is 4. The summed E-state index contributed by atoms with van der Waals surface area (Å²) < 4.78 is 41.7. The lowest BCUT2D eigenvalue weighted by atomic mass is 9.83. The number of rotatable bonds is 8. The smallest absolute Gasteiger partial charge is 0.389 e. The van der Waals surface area contributed by atoms with Gasteiger partial charge in [0.1, 0.15) is 11.4 Å². The number of amides is 1. The summed E-state index contributed by atoms with van der Waals surface area (Å²) in [5.74, 6) is -0.0565. The maximum atomic E-state index is 13.9. The van der Waals surface area contributed by atoms with Crippen LogP contribution in [0.1, 0.15) is 74.3 Å². The highest BCUT2D eigenvalue weighted by Gasteiger charge is 2.40. The summed E-state index contributed by atoms with van der Waals surface area (Å²) in [7, 11) is 0. The second-order valence-corrected chi connectivity index (χ2v) is 12.8. The number of aromatic nitrogens is 2. The number of nitrogens with zero attached hydrogens (tertiary/aromatic N) is 3. The van der Waals surface area contributed by atoms with Gasteiger partial charge in [0.2, 0.25) is 11.9 Å². The van der Waals surface area contributed by atoms with E-state index in [4.69, 9.17) is 0 Å². The van der Waals surface area contributed by atoms with Gasteiger partial charge in [0, 0.05) is 30.7 Å². The van der Waals surface area contributed by atoms with E-state index in [1.807, 2.05) is 32.9 Å². The maximum Gasteiger partial charge on any atom is 0.421 e. The molecular formula is C32H39F3N6O2. The van der Waals surface area contributed by atoms with Gasteiger partial charge in [0.15, 0.2) is 0 Å². The second-order valence-electron chi connectivity index (χ2n) is 12.8. The highest BCUT2D eigenvalue weighted by molar-refractivity contribution is 6.06. The first kappa shape index (κ1) is 30.7. The third kappa shape index (κ3) is 6.78. The number of benzene rings is 2. The summed E-state index contributed by atoms with van der Waals surface area (Å²) in [5.41, 5.74) is 2.63. The third-order valence-electron chi connectivity index (χ3n) is 8.30. The number of nitrogens with one attached hydrogen (secondary N) is 3. The zero-order valence-corrected chi connectivity index (χ0v) is 25.2. The summed E-state index contributed by atoms with van der Waals surface area (Å²) in [4.78, 5) is 22.9. The number of β-amino-alcohol motifs (C(OH)–C–C–N with tert-alkyl or cyclic N) is 1. The molecule has 0 bridgehead atoms. The van der Waals surface area contributed by atoms with Crippen molar-refractivity contribution >= 4 is 29.0 Å². The molecule has 3 heterocycles. The molecule has 0 spiro atoms. The van der Waals surface area contributed by atoms with E-state index in [2.05, 4.69) is 36.9 Å². The number of anilines is 4. The molecule has 230 valence electrons. The zero-order chi connectivity index (χ0) is 31.2. The van der Waals surface area contributed by atoms with Crippen LogP contribution in [0.25, 0.3) is 0 Å². The topological polar surface area (TPSA) is 102 Å². The van der Waals surface area contributed by atoms with Crippen LogP contribution in [0.4, 0.5) is 36.3 Å². The number of alkyl halides is 3. The number of hydrogen-bond acceptors (Lipinski definition) is 7. The van der Waals surface area contributed by atoms with E-state index in [0.717, 1.165) is 43.3 Å². The summed E-state index contributed by atoms with van der Waals surface area (Å²) in [5, 5.41) is 18.9. The summed E-state index contributed by atoms with van der Waals surface area (Å²) in [6, 6.07) is 11.3. The van der Waals surface area contributed by atoms with Crippen molar-refractivity contribution in [1.29, 1.82) is 0 Å². The molecule has 8 nitrogen and oxygen atoms in total. The van der Waals surface area contributed by atoms with Crippen molar-refractivity contribution in [3.8, 4) is 0 Å². The third-order valence-corrected chi connectivity index (χ3v) is 8.30. The van der Waals surface area contributed by atoms with Crippen LogP contribution in [-0.2, 0) is 22.9 Å². The van der Waals surface area contributed by atoms with Crippen LogP contribution < -0.4 is 16.0 Å². The number of fused-ring (bicyclic) bond motifs is 1. The molecule has 1 saturated heterocycles. The molecule has 1 fully saturated rings. The van der Waals surface area contributed by atoms with Gasteiger partial charge in [-0.1, -0.05) is 18.2 Å². The van der Waals surface area contributed by atoms with Crippen molar-refractivity contribution < 1.29 is 23.1 Å². The number of carbonyl (C=O) groups excluding carboxylic acids is 1. The van der Waals surface area contributed by atoms with Gasteiger partial charge in [0.05, 0.1) is 11.0 Å². The van der Waals surface area contributed by atoms with Gasteiger partial charge in [-0.25, -0.2) is 4.98 Å². The molecule has 0 atom stereocenters. The Kier molecular flexibility index (Phi) is 8.17. The molecule has 5 rings (SSSR count). The molecule has 3 aromatic rings. The summed E-state index contributed by atoms with van der Waals surface area (Å²) in [6.45, 7) is 11.8. The van der Waals surface area contributed by atoms with E-state index in [-0.39, 0.29) is 24.2 Å². The molecule has 11 heteroatoms. The van der Waals surface area contributed by atoms with Crippen molar-refractivity contribution in [2.45, 2.75) is 77.1 Å². The minimum Gasteiger partial charge on any atom is -0.389 e. The van der Waals surface area contributed by atoms with E-state index in [1.54, 1.807) is 32.0 Å². The Morgan fingerprint density at radius 1 is 1.14 bits per heavy atom. The van der Waals surface area contributed by atoms with Crippen molar-refractivity contribution in [2.75, 3.05) is 35.6 Å². The molecule has 2 aliphatic heterocycles. The fourth-order valence-electron chi connectivity index (χ4n) is 6.23. The standard InChI is InChI=1S/C32H39F3N6O2/c1-19-15-22(9-10-23(19)20-11-13-41(14-12-20)18-30(2,3)43)38-29-37-17-24(32(33,34)35)27(40-29)36-16-21-7-6-8-25-26(21)31(4,5)28(42)39-25/h6-10,15,17,20,43H,11-14,16,18H2,1-5H3,(H,39,42)(H2,36,37,38,40). The van der Waals surface area contributed by atoms with Crippen molar-refractivity contribution in [3.05, 3.63) is 70.4 Å². The molecule has 0 radical (unpaired) electrons. The first-order chi connectivity index (χ1) is 20.1. The van der Waals surface area contributed by atoms with E-state index in [1.165, 1.54) is 5.56 Å². The van der Waals surface area contributed by atoms with Crippen LogP contribution >= 0.6 is 0 Å². The van der Waals surface area contributed by atoms with Crippen molar-refractivity contribution in [3.63, 3.8) is 0 Å². The quantitative estimate of drug-likeness (QED) is 0.241. The predicted molar refractivity (Wildman–Crippen MR) is 162 cm³/mol. The molecule has 2 aliphatic rings. The van der Waals surface area contributed by atoms with Crippen LogP contribution in [-0.4, -0.2) is 51.1 Å². The number of likely N-dealkylation sites (tertiary alicyclic amines) is 1. The lowest BCUT2D eigenvalue weighted by Crippen LogP contribution is -2.42. The molecule has 1 aromatic heterocycles. The first-order valence-corrected chi connectivity index (χ1v) is 14.6. The average Bonchev–Trinajstić information content (AvgIpc) is 3.15. The Balaban J connectivity index is 1.31. The normalized spacial score (nSPS) is 17.5. The Hall–Kier alpha value is -3.70. The summed E-state index contributed by atoms with van der Waals surface area (Å²) >= 11 is 0. The van der Waals surface area contributed by atoms with E-state index in [9.17, 15) is 23.1 Å². The van der Waals surface area contributed by atoms with Crippen LogP contribution in [0.2, 0.25) is 0 Å². The molecule has 0 aliphatic carbocycles. The predicted octanol–water partition coefficient (Wildman–Crippen LogP) is 6.34. The molecule has 0 unspecified atom stereocenters. The monoisotopic (exact) mass is 596 g/mol. The number of aryl methyl sites for hydroxylation is 1. The second kappa shape index (κ2) is 11.4. The molecule has 1 amide bonds. The largest absolute Gasteiger partial charge is 0.421 e. The van der Waals surface area contributed by atoms with Gasteiger partial charge in [-0.2, -0.15) is 18.2 Å². The van der Waals surface area contributed by atoms with Crippen LogP contribution in [0.3, 0.4) is 0 Å².